The summed E-state index contributed by atoms with van der Waals surface area (Å²) in [5.41, 5.74) is 0.131. The molecule has 2 rings (SSSR count). The number of rotatable bonds is 6. The van der Waals surface area contributed by atoms with Crippen molar-refractivity contribution < 1.29 is 22.0 Å². The largest absolute Gasteiger partial charge is 0.341 e. The van der Waals surface area contributed by atoms with Crippen molar-refractivity contribution in [3.05, 3.63) is 35.4 Å². The van der Waals surface area contributed by atoms with Gasteiger partial charge >= 0.3 is 0 Å². The summed E-state index contributed by atoms with van der Waals surface area (Å²) in [7, 11) is -3.32. The minimum atomic E-state index is -3.32. The first-order chi connectivity index (χ1) is 10.8. The Morgan fingerprint density at radius 3 is 2.78 bits per heavy atom. The van der Waals surface area contributed by atoms with Crippen molar-refractivity contribution in [2.45, 2.75) is 32.2 Å². The minimum absolute atomic E-state index is 0.0538. The quantitative estimate of drug-likeness (QED) is 0.848. The summed E-state index contributed by atoms with van der Waals surface area (Å²) in [5, 5.41) is 0. The van der Waals surface area contributed by atoms with Crippen molar-refractivity contribution in [3.63, 3.8) is 0 Å². The molecule has 23 heavy (non-hydrogen) atoms. The minimum Gasteiger partial charge on any atom is -0.341 e. The summed E-state index contributed by atoms with van der Waals surface area (Å²) < 4.78 is 52.5. The van der Waals surface area contributed by atoms with Gasteiger partial charge in [-0.2, -0.15) is 0 Å². The first-order valence-electron chi connectivity index (χ1n) is 7.52. The summed E-state index contributed by atoms with van der Waals surface area (Å²) >= 11 is 0. The molecular formula is C15H20F2N2O3S. The van der Waals surface area contributed by atoms with Crippen molar-refractivity contribution in [1.82, 2.24) is 9.62 Å². The molecule has 1 heterocycles. The topological polar surface area (TPSA) is 66.5 Å². The number of likely N-dealkylation sites (tertiary alicyclic amines) is 1. The van der Waals surface area contributed by atoms with Crippen molar-refractivity contribution >= 4 is 15.9 Å². The Morgan fingerprint density at radius 1 is 1.39 bits per heavy atom. The van der Waals surface area contributed by atoms with Gasteiger partial charge in [0.25, 0.3) is 0 Å². The van der Waals surface area contributed by atoms with Gasteiger partial charge in [-0.3, -0.25) is 4.79 Å². The molecule has 1 fully saturated rings. The number of hydrogen-bond acceptors (Lipinski definition) is 3. The highest BCUT2D eigenvalue weighted by molar-refractivity contribution is 7.89. The van der Waals surface area contributed by atoms with E-state index in [4.69, 9.17) is 0 Å². The number of carbonyl (C=O) groups excluding carboxylic acids is 1. The van der Waals surface area contributed by atoms with Crippen LogP contribution < -0.4 is 4.72 Å². The molecule has 1 saturated heterocycles. The van der Waals surface area contributed by atoms with Crippen LogP contribution in [-0.4, -0.2) is 44.1 Å². The van der Waals surface area contributed by atoms with Gasteiger partial charge in [-0.05, 0) is 24.5 Å². The molecule has 5 nitrogen and oxygen atoms in total. The lowest BCUT2D eigenvalue weighted by Gasteiger charge is -2.17. The number of nitrogens with zero attached hydrogens (tertiary/aromatic N) is 1. The molecule has 0 radical (unpaired) electrons. The summed E-state index contributed by atoms with van der Waals surface area (Å²) in [6, 6.07) is 2.79. The number of benzene rings is 1. The zero-order valence-electron chi connectivity index (χ0n) is 12.9. The van der Waals surface area contributed by atoms with E-state index in [0.717, 1.165) is 12.1 Å². The van der Waals surface area contributed by atoms with Gasteiger partial charge < -0.3 is 4.90 Å². The van der Waals surface area contributed by atoms with Gasteiger partial charge in [-0.25, -0.2) is 21.9 Å². The Bertz CT molecular complexity index is 679. The molecule has 0 bridgehead atoms. The monoisotopic (exact) mass is 346 g/mol. The SMILES string of the molecule is CCCS(=O)(=O)N[C@H]1CCN(C(=O)Cc2ccc(F)cc2F)C1. The average Bonchev–Trinajstić information content (AvgIpc) is 2.89. The first-order valence-corrected chi connectivity index (χ1v) is 9.17. The van der Waals surface area contributed by atoms with Crippen LogP contribution in [0.4, 0.5) is 8.78 Å². The van der Waals surface area contributed by atoms with Crippen molar-refractivity contribution in [1.29, 1.82) is 0 Å². The van der Waals surface area contributed by atoms with Crippen LogP contribution in [0.15, 0.2) is 18.2 Å². The van der Waals surface area contributed by atoms with Crippen molar-refractivity contribution in [3.8, 4) is 0 Å². The molecule has 1 aromatic rings. The van der Waals surface area contributed by atoms with Crippen LogP contribution in [0.2, 0.25) is 0 Å². The Balaban J connectivity index is 1.92. The lowest BCUT2D eigenvalue weighted by molar-refractivity contribution is -0.129. The van der Waals surface area contributed by atoms with E-state index >= 15 is 0 Å². The molecule has 1 aromatic carbocycles. The lowest BCUT2D eigenvalue weighted by atomic mass is 10.1. The maximum atomic E-state index is 13.6. The molecule has 1 amide bonds. The highest BCUT2D eigenvalue weighted by Crippen LogP contribution is 2.15. The fraction of sp³-hybridized carbons (Fsp3) is 0.533. The lowest BCUT2D eigenvalue weighted by Crippen LogP contribution is -2.39. The van der Waals surface area contributed by atoms with E-state index in [-0.39, 0.29) is 36.2 Å². The zero-order valence-corrected chi connectivity index (χ0v) is 13.7. The van der Waals surface area contributed by atoms with Gasteiger partial charge in [0.15, 0.2) is 0 Å². The van der Waals surface area contributed by atoms with E-state index in [1.165, 1.54) is 11.0 Å². The fourth-order valence-electron chi connectivity index (χ4n) is 2.60. The molecule has 1 atom stereocenters. The number of nitrogens with one attached hydrogen (secondary N) is 1. The second-order valence-corrected chi connectivity index (χ2v) is 7.55. The van der Waals surface area contributed by atoms with E-state index < -0.39 is 21.7 Å². The van der Waals surface area contributed by atoms with Gasteiger partial charge in [0.05, 0.1) is 12.2 Å². The summed E-state index contributed by atoms with van der Waals surface area (Å²) in [4.78, 5) is 13.7. The molecule has 0 spiro atoms. The fourth-order valence-corrected chi connectivity index (χ4v) is 3.96. The number of sulfonamides is 1. The molecule has 0 aromatic heterocycles. The Labute approximate surface area is 134 Å². The van der Waals surface area contributed by atoms with Crippen molar-refractivity contribution in [2.24, 2.45) is 0 Å². The van der Waals surface area contributed by atoms with E-state index in [0.29, 0.717) is 19.4 Å². The van der Waals surface area contributed by atoms with Gasteiger partial charge in [0.1, 0.15) is 11.6 Å². The molecule has 8 heteroatoms. The summed E-state index contributed by atoms with van der Waals surface area (Å²) in [5.74, 6) is -1.69. The van der Waals surface area contributed by atoms with Crippen LogP contribution in [0.5, 0.6) is 0 Å². The predicted octanol–water partition coefficient (Wildman–Crippen LogP) is 1.44. The Morgan fingerprint density at radius 2 is 2.13 bits per heavy atom. The predicted molar refractivity (Wildman–Crippen MR) is 82.3 cm³/mol. The third-order valence-electron chi connectivity index (χ3n) is 3.72. The standard InChI is InChI=1S/C15H20F2N2O3S/c1-2-7-23(21,22)18-13-5-6-19(10-13)15(20)8-11-3-4-12(16)9-14(11)17/h3-4,9,13,18H,2,5-8,10H2,1H3/t13-/m0/s1. The van der Waals surface area contributed by atoms with E-state index in [1.54, 1.807) is 6.92 Å². The van der Waals surface area contributed by atoms with Crippen LogP contribution in [-0.2, 0) is 21.2 Å². The second kappa shape index (κ2) is 7.35. The third kappa shape index (κ3) is 4.97. The normalized spacial score (nSPS) is 18.4. The molecule has 0 aliphatic carbocycles. The molecule has 1 aliphatic rings. The number of hydrogen-bond donors (Lipinski definition) is 1. The smallest absolute Gasteiger partial charge is 0.227 e. The molecule has 0 unspecified atom stereocenters. The second-order valence-electron chi connectivity index (χ2n) is 5.67. The zero-order chi connectivity index (χ0) is 17.0. The molecular weight excluding hydrogens is 326 g/mol. The summed E-state index contributed by atoms with van der Waals surface area (Å²) in [6.45, 7) is 2.46. The third-order valence-corrected chi connectivity index (χ3v) is 5.35. The van der Waals surface area contributed by atoms with Gasteiger partial charge in [0.2, 0.25) is 15.9 Å². The maximum Gasteiger partial charge on any atom is 0.227 e. The molecule has 128 valence electrons. The Kier molecular flexibility index (Phi) is 5.69. The Hall–Kier alpha value is -1.54. The van der Waals surface area contributed by atoms with Gasteiger partial charge in [-0.1, -0.05) is 13.0 Å². The van der Waals surface area contributed by atoms with Crippen LogP contribution in [0.1, 0.15) is 25.3 Å². The average molecular weight is 346 g/mol. The van der Waals surface area contributed by atoms with Crippen LogP contribution in [0.3, 0.4) is 0 Å². The van der Waals surface area contributed by atoms with E-state index in [2.05, 4.69) is 4.72 Å². The van der Waals surface area contributed by atoms with Crippen molar-refractivity contribution in [2.75, 3.05) is 18.8 Å². The van der Waals surface area contributed by atoms with E-state index in [9.17, 15) is 22.0 Å². The van der Waals surface area contributed by atoms with Crippen LogP contribution in [0.25, 0.3) is 0 Å². The van der Waals surface area contributed by atoms with Crippen LogP contribution >= 0.6 is 0 Å². The maximum absolute atomic E-state index is 13.6. The number of carbonyl (C=O) groups is 1. The van der Waals surface area contributed by atoms with Crippen LogP contribution in [0, 0.1) is 11.6 Å². The highest BCUT2D eigenvalue weighted by atomic mass is 32.2. The molecule has 1 aliphatic heterocycles. The number of halogens is 2. The summed E-state index contributed by atoms with van der Waals surface area (Å²) in [6.07, 6.45) is 0.885. The van der Waals surface area contributed by atoms with E-state index in [1.807, 2.05) is 0 Å². The molecule has 0 saturated carbocycles. The van der Waals surface area contributed by atoms with Gasteiger partial charge in [-0.15, -0.1) is 0 Å². The van der Waals surface area contributed by atoms with Gasteiger partial charge in [0, 0.05) is 25.2 Å². The highest BCUT2D eigenvalue weighted by Gasteiger charge is 2.29. The number of amides is 1. The first kappa shape index (κ1) is 17.8. The molecule has 1 N–H and O–H groups in total.